The second kappa shape index (κ2) is 14.5. The van der Waals surface area contributed by atoms with Crippen molar-refractivity contribution in [2.24, 2.45) is 5.92 Å². The molecule has 0 N–H and O–H groups in total. The van der Waals surface area contributed by atoms with Crippen LogP contribution in [0.25, 0.3) is 22.3 Å². The van der Waals surface area contributed by atoms with Crippen LogP contribution in [0.15, 0.2) is 66.7 Å². The highest BCUT2D eigenvalue weighted by Crippen LogP contribution is 2.32. The molecule has 3 aromatic rings. The molecule has 0 atom stereocenters. The van der Waals surface area contributed by atoms with Gasteiger partial charge < -0.3 is 9.47 Å². The maximum Gasteiger partial charge on any atom is 0.186 e. The topological polar surface area (TPSA) is 18.5 Å². The first-order valence-electron chi connectivity index (χ1n) is 14.2. The van der Waals surface area contributed by atoms with Crippen molar-refractivity contribution >= 4 is 0 Å². The van der Waals surface area contributed by atoms with Crippen LogP contribution in [-0.4, -0.2) is 13.2 Å². The Morgan fingerprint density at radius 1 is 0.744 bits per heavy atom. The van der Waals surface area contributed by atoms with Gasteiger partial charge in [0.1, 0.15) is 5.82 Å². The molecule has 3 aromatic carbocycles. The zero-order valence-electron chi connectivity index (χ0n) is 23.0. The van der Waals surface area contributed by atoms with E-state index in [1.807, 2.05) is 25.1 Å². The smallest absolute Gasteiger partial charge is 0.186 e. The number of ether oxygens (including phenoxy) is 2. The molecular weight excluding hydrogens is 497 g/mol. The number of benzene rings is 3. The molecule has 0 aromatic heterocycles. The Bertz CT molecular complexity index is 1230. The Morgan fingerprint density at radius 3 is 2.05 bits per heavy atom. The van der Waals surface area contributed by atoms with Crippen molar-refractivity contribution in [2.75, 3.05) is 13.2 Å². The predicted molar refractivity (Wildman–Crippen MR) is 152 cm³/mol. The number of hydrogen-bond donors (Lipinski definition) is 0. The lowest BCUT2D eigenvalue weighted by Gasteiger charge is -2.28. The molecule has 0 spiro atoms. The summed E-state index contributed by atoms with van der Waals surface area (Å²) in [7, 11) is 0. The average molecular weight is 537 g/mol. The predicted octanol–water partition coefficient (Wildman–Crippen LogP) is 9.97. The molecule has 0 saturated carbocycles. The lowest BCUT2D eigenvalue weighted by molar-refractivity contribution is -0.198. The van der Waals surface area contributed by atoms with Crippen LogP contribution >= 0.6 is 0 Å². The summed E-state index contributed by atoms with van der Waals surface area (Å²) in [5.74, 6) is -1.81. The van der Waals surface area contributed by atoms with Crippen LogP contribution in [-0.2, 0) is 15.9 Å². The number of halogens is 3. The van der Waals surface area contributed by atoms with Crippen LogP contribution in [0.4, 0.5) is 13.2 Å². The summed E-state index contributed by atoms with van der Waals surface area (Å²) in [5.41, 5.74) is 3.06. The van der Waals surface area contributed by atoms with Crippen molar-refractivity contribution in [1.29, 1.82) is 0 Å². The molecule has 1 heterocycles. The van der Waals surface area contributed by atoms with Crippen molar-refractivity contribution < 1.29 is 22.6 Å². The van der Waals surface area contributed by atoms with Crippen LogP contribution in [0, 0.1) is 23.4 Å². The van der Waals surface area contributed by atoms with E-state index in [2.05, 4.69) is 6.92 Å². The lowest BCUT2D eigenvalue weighted by Crippen LogP contribution is -2.26. The van der Waals surface area contributed by atoms with Crippen molar-refractivity contribution in [3.8, 4) is 22.3 Å². The van der Waals surface area contributed by atoms with E-state index in [1.54, 1.807) is 42.5 Å². The number of hydrogen-bond acceptors (Lipinski definition) is 2. The molecular formula is C34H39F3O2. The van der Waals surface area contributed by atoms with E-state index in [0.717, 1.165) is 24.8 Å². The largest absolute Gasteiger partial charge is 0.348 e. The van der Waals surface area contributed by atoms with Gasteiger partial charge in [-0.05, 0) is 48.1 Å². The Hall–Kier alpha value is -2.89. The first kappa shape index (κ1) is 29.1. The van der Waals surface area contributed by atoms with Crippen LogP contribution in [0.5, 0.6) is 0 Å². The van der Waals surface area contributed by atoms with Crippen molar-refractivity contribution in [1.82, 2.24) is 0 Å². The molecule has 1 aliphatic heterocycles. The van der Waals surface area contributed by atoms with Crippen LogP contribution in [0.3, 0.4) is 0 Å². The minimum atomic E-state index is -0.817. The molecule has 0 radical (unpaired) electrons. The zero-order chi connectivity index (χ0) is 27.6. The van der Waals surface area contributed by atoms with Gasteiger partial charge in [-0.2, -0.15) is 0 Å². The first-order valence-corrected chi connectivity index (χ1v) is 14.2. The van der Waals surface area contributed by atoms with Gasteiger partial charge >= 0.3 is 0 Å². The summed E-state index contributed by atoms with van der Waals surface area (Å²) in [6.45, 7) is 5.10. The van der Waals surface area contributed by atoms with Crippen LogP contribution in [0.1, 0.15) is 76.2 Å². The van der Waals surface area contributed by atoms with E-state index in [0.29, 0.717) is 41.9 Å². The number of rotatable bonds is 12. The number of allylic oxidation sites excluding steroid dienone is 1. The van der Waals surface area contributed by atoms with E-state index in [4.69, 9.17) is 9.47 Å². The third-order valence-electron chi connectivity index (χ3n) is 7.38. The molecule has 4 rings (SSSR count). The molecule has 39 heavy (non-hydrogen) atoms. The van der Waals surface area contributed by atoms with Gasteiger partial charge in [0.05, 0.1) is 13.2 Å². The summed E-state index contributed by atoms with van der Waals surface area (Å²) in [4.78, 5) is 0. The number of aryl methyl sites for hydroxylation is 1. The Labute approximate surface area is 230 Å². The first-order chi connectivity index (χ1) is 19.0. The van der Waals surface area contributed by atoms with Crippen molar-refractivity contribution in [3.63, 3.8) is 0 Å². The third-order valence-corrected chi connectivity index (χ3v) is 7.38. The average Bonchev–Trinajstić information content (AvgIpc) is 2.95. The van der Waals surface area contributed by atoms with E-state index < -0.39 is 23.7 Å². The maximum atomic E-state index is 15.0. The van der Waals surface area contributed by atoms with Gasteiger partial charge in [-0.15, -0.1) is 0 Å². The molecule has 1 fully saturated rings. The summed E-state index contributed by atoms with van der Waals surface area (Å²) in [6, 6.07) is 15.4. The van der Waals surface area contributed by atoms with E-state index in [-0.39, 0.29) is 11.5 Å². The van der Waals surface area contributed by atoms with E-state index in [1.165, 1.54) is 31.7 Å². The van der Waals surface area contributed by atoms with Crippen LogP contribution in [0.2, 0.25) is 0 Å². The fourth-order valence-electron chi connectivity index (χ4n) is 5.10. The van der Waals surface area contributed by atoms with Gasteiger partial charge in [0, 0.05) is 17.0 Å². The molecule has 2 nitrogen and oxygen atoms in total. The molecule has 0 aliphatic carbocycles. The summed E-state index contributed by atoms with van der Waals surface area (Å²) >= 11 is 0. The Morgan fingerprint density at radius 2 is 1.38 bits per heavy atom. The van der Waals surface area contributed by atoms with Gasteiger partial charge in [-0.25, -0.2) is 13.2 Å². The fourth-order valence-corrected chi connectivity index (χ4v) is 5.10. The molecule has 0 amide bonds. The molecule has 1 aliphatic rings. The highest BCUT2D eigenvalue weighted by Gasteiger charge is 2.24. The summed E-state index contributed by atoms with van der Waals surface area (Å²) in [6.07, 6.45) is 11.8. The molecule has 1 saturated heterocycles. The standard InChI is InChI=1S/C34H39F3O2/c1-3-5-6-7-8-9-10-12-27-17-19-29(33(37)32(27)36)26-15-13-25(14-16-26)28-18-20-30(31(35)21-28)34-38-22-24(11-4-2)23-39-34/h4,11,13-21,24,34H,3,5-10,12,22-23H2,1-2H3. The second-order valence-electron chi connectivity index (χ2n) is 10.4. The van der Waals surface area contributed by atoms with Crippen molar-refractivity contribution in [2.45, 2.75) is 71.5 Å². The molecule has 0 bridgehead atoms. The highest BCUT2D eigenvalue weighted by atomic mass is 19.2. The highest BCUT2D eigenvalue weighted by molar-refractivity contribution is 5.71. The number of unbranched alkanes of at least 4 members (excludes halogenated alkanes) is 6. The van der Waals surface area contributed by atoms with Gasteiger partial charge in [0.2, 0.25) is 0 Å². The fraction of sp³-hybridized carbons (Fsp3) is 0.412. The minimum Gasteiger partial charge on any atom is -0.348 e. The van der Waals surface area contributed by atoms with Gasteiger partial charge in [-0.1, -0.05) is 106 Å². The van der Waals surface area contributed by atoms with Gasteiger partial charge in [0.15, 0.2) is 17.9 Å². The van der Waals surface area contributed by atoms with Crippen molar-refractivity contribution in [3.05, 3.63) is 95.3 Å². The molecule has 0 unspecified atom stereocenters. The Kier molecular flexibility index (Phi) is 10.8. The van der Waals surface area contributed by atoms with E-state index in [9.17, 15) is 13.2 Å². The lowest BCUT2D eigenvalue weighted by atomic mass is 9.97. The summed E-state index contributed by atoms with van der Waals surface area (Å²) < 4.78 is 56.2. The quantitative estimate of drug-likeness (QED) is 0.169. The van der Waals surface area contributed by atoms with Crippen LogP contribution < -0.4 is 0 Å². The van der Waals surface area contributed by atoms with E-state index >= 15 is 0 Å². The molecule has 208 valence electrons. The third kappa shape index (κ3) is 7.61. The second-order valence-corrected chi connectivity index (χ2v) is 10.4. The maximum absolute atomic E-state index is 15.0. The van der Waals surface area contributed by atoms with Gasteiger partial charge in [0.25, 0.3) is 0 Å². The van der Waals surface area contributed by atoms with Gasteiger partial charge in [-0.3, -0.25) is 0 Å². The Balaban J connectivity index is 1.38. The SMILES string of the molecule is CC=CC1COC(c2ccc(-c3ccc(-c4ccc(CCCCCCCCC)c(F)c4F)cc3)cc2F)OC1. The minimum absolute atomic E-state index is 0.173. The molecule has 5 heteroatoms. The normalized spacial score (nSPS) is 17.7. The zero-order valence-corrected chi connectivity index (χ0v) is 23.0. The summed E-state index contributed by atoms with van der Waals surface area (Å²) in [5, 5.41) is 0. The monoisotopic (exact) mass is 536 g/mol.